The molecule has 1 aliphatic rings. The first kappa shape index (κ1) is 13.4. The topological polar surface area (TPSA) is 21.3 Å². The minimum Gasteiger partial charge on any atom is -0.497 e. The summed E-state index contributed by atoms with van der Waals surface area (Å²) in [4.78, 5) is 0. The number of methoxy groups -OCH3 is 1. The lowest BCUT2D eigenvalue weighted by Gasteiger charge is -2.39. The molecule has 0 amide bonds. The van der Waals surface area contributed by atoms with Crippen molar-refractivity contribution >= 4 is 0 Å². The smallest absolute Gasteiger partial charge is 0.119 e. The van der Waals surface area contributed by atoms with Gasteiger partial charge in [0, 0.05) is 12.6 Å². The van der Waals surface area contributed by atoms with Gasteiger partial charge in [0.15, 0.2) is 0 Å². The van der Waals surface area contributed by atoms with E-state index >= 15 is 0 Å². The van der Waals surface area contributed by atoms with Gasteiger partial charge in [-0.3, -0.25) is 0 Å². The van der Waals surface area contributed by atoms with Crippen LogP contribution in [0.4, 0.5) is 0 Å². The highest BCUT2D eigenvalue weighted by Gasteiger charge is 2.31. The van der Waals surface area contributed by atoms with Crippen LogP contribution in [0.25, 0.3) is 0 Å². The quantitative estimate of drug-likeness (QED) is 0.875. The largest absolute Gasteiger partial charge is 0.497 e. The first-order valence-corrected chi connectivity index (χ1v) is 6.98. The van der Waals surface area contributed by atoms with Crippen molar-refractivity contribution in [3.63, 3.8) is 0 Å². The molecule has 0 spiro atoms. The molecule has 100 valence electrons. The highest BCUT2D eigenvalue weighted by Crippen LogP contribution is 2.35. The van der Waals surface area contributed by atoms with Gasteiger partial charge in [0.1, 0.15) is 5.75 Å². The van der Waals surface area contributed by atoms with Gasteiger partial charge in [-0.05, 0) is 36.0 Å². The molecular formula is C16H25NO. The van der Waals surface area contributed by atoms with E-state index in [9.17, 15) is 0 Å². The van der Waals surface area contributed by atoms with Crippen LogP contribution in [0.1, 0.15) is 45.1 Å². The number of hydrogen-bond acceptors (Lipinski definition) is 2. The fourth-order valence-electron chi connectivity index (χ4n) is 2.90. The Bertz CT molecular complexity index is 386. The average Bonchev–Trinajstić information content (AvgIpc) is 2.37. The lowest BCUT2D eigenvalue weighted by Crippen LogP contribution is -2.43. The maximum atomic E-state index is 5.26. The molecule has 1 atom stereocenters. The molecule has 2 nitrogen and oxygen atoms in total. The number of ether oxygens (including phenoxy) is 1. The maximum absolute atomic E-state index is 5.26. The molecule has 0 heterocycles. The van der Waals surface area contributed by atoms with E-state index in [0.29, 0.717) is 11.5 Å². The Morgan fingerprint density at radius 2 is 2.17 bits per heavy atom. The van der Waals surface area contributed by atoms with E-state index in [2.05, 4.69) is 37.4 Å². The van der Waals surface area contributed by atoms with Gasteiger partial charge in [-0.15, -0.1) is 0 Å². The number of hydrogen-bond donors (Lipinski definition) is 1. The fourth-order valence-corrected chi connectivity index (χ4v) is 2.90. The van der Waals surface area contributed by atoms with Crippen LogP contribution in [0.2, 0.25) is 0 Å². The van der Waals surface area contributed by atoms with Gasteiger partial charge < -0.3 is 10.1 Å². The molecule has 0 saturated heterocycles. The Morgan fingerprint density at radius 3 is 2.89 bits per heavy atom. The summed E-state index contributed by atoms with van der Waals surface area (Å²) < 4.78 is 5.26. The molecule has 1 unspecified atom stereocenters. The Kier molecular flexibility index (Phi) is 4.28. The lowest BCUT2D eigenvalue weighted by molar-refractivity contribution is 0.166. The van der Waals surface area contributed by atoms with E-state index in [4.69, 9.17) is 4.74 Å². The zero-order chi connectivity index (χ0) is 13.0. The minimum atomic E-state index is 0.428. The average molecular weight is 247 g/mol. The Morgan fingerprint density at radius 1 is 1.33 bits per heavy atom. The molecule has 0 aromatic heterocycles. The van der Waals surface area contributed by atoms with Gasteiger partial charge in [0.25, 0.3) is 0 Å². The molecule has 18 heavy (non-hydrogen) atoms. The molecule has 0 radical (unpaired) electrons. The van der Waals surface area contributed by atoms with Gasteiger partial charge in [-0.2, -0.15) is 0 Å². The minimum absolute atomic E-state index is 0.428. The summed E-state index contributed by atoms with van der Waals surface area (Å²) in [5.74, 6) is 0.942. The Balaban J connectivity index is 1.94. The third-order valence-electron chi connectivity index (χ3n) is 4.19. The summed E-state index contributed by atoms with van der Waals surface area (Å²) in [6, 6.07) is 8.96. The molecule has 1 aliphatic carbocycles. The van der Waals surface area contributed by atoms with Crippen LogP contribution in [0.15, 0.2) is 24.3 Å². The van der Waals surface area contributed by atoms with Crippen molar-refractivity contribution in [1.29, 1.82) is 0 Å². The molecule has 1 saturated carbocycles. The number of nitrogens with one attached hydrogen (secondary N) is 1. The predicted octanol–water partition coefficient (Wildman–Crippen LogP) is 3.75. The van der Waals surface area contributed by atoms with Gasteiger partial charge in [-0.1, -0.05) is 38.8 Å². The molecule has 1 N–H and O–H groups in total. The van der Waals surface area contributed by atoms with Gasteiger partial charge in [0.05, 0.1) is 7.11 Å². The van der Waals surface area contributed by atoms with Crippen LogP contribution < -0.4 is 10.1 Å². The van der Waals surface area contributed by atoms with Crippen LogP contribution in [0.5, 0.6) is 5.75 Å². The van der Waals surface area contributed by atoms with Crippen LogP contribution in [0.3, 0.4) is 0 Å². The second-order valence-electron chi connectivity index (χ2n) is 6.02. The van der Waals surface area contributed by atoms with Crippen molar-refractivity contribution in [3.05, 3.63) is 29.8 Å². The molecule has 0 aliphatic heterocycles. The zero-order valence-corrected chi connectivity index (χ0v) is 11.8. The summed E-state index contributed by atoms with van der Waals surface area (Å²) in [5, 5.41) is 3.72. The van der Waals surface area contributed by atoms with Gasteiger partial charge >= 0.3 is 0 Å². The van der Waals surface area contributed by atoms with Gasteiger partial charge in [0.2, 0.25) is 0 Å². The van der Waals surface area contributed by atoms with Crippen molar-refractivity contribution in [1.82, 2.24) is 5.32 Å². The molecule has 1 aromatic carbocycles. The first-order chi connectivity index (χ1) is 8.62. The normalized spacial score (nSPS) is 22.7. The van der Waals surface area contributed by atoms with E-state index in [1.807, 2.05) is 6.07 Å². The van der Waals surface area contributed by atoms with E-state index < -0.39 is 0 Å². The van der Waals surface area contributed by atoms with Crippen molar-refractivity contribution in [2.45, 2.75) is 52.1 Å². The van der Waals surface area contributed by atoms with Crippen LogP contribution >= 0.6 is 0 Å². The molecule has 2 heteroatoms. The lowest BCUT2D eigenvalue weighted by atomic mass is 9.73. The summed E-state index contributed by atoms with van der Waals surface area (Å²) in [7, 11) is 1.72. The second-order valence-corrected chi connectivity index (χ2v) is 6.02. The molecule has 0 bridgehead atoms. The Labute approximate surface area is 111 Å². The van der Waals surface area contributed by atoms with Crippen molar-refractivity contribution in [3.8, 4) is 5.75 Å². The summed E-state index contributed by atoms with van der Waals surface area (Å²) in [6.07, 6.45) is 5.38. The molecule has 1 fully saturated rings. The third-order valence-corrected chi connectivity index (χ3v) is 4.19. The highest BCUT2D eigenvalue weighted by molar-refractivity contribution is 5.28. The summed E-state index contributed by atoms with van der Waals surface area (Å²) >= 11 is 0. The first-order valence-electron chi connectivity index (χ1n) is 6.98. The van der Waals surface area contributed by atoms with E-state index in [0.717, 1.165) is 12.3 Å². The van der Waals surface area contributed by atoms with Crippen molar-refractivity contribution in [2.75, 3.05) is 7.11 Å². The fraction of sp³-hybridized carbons (Fsp3) is 0.625. The van der Waals surface area contributed by atoms with Gasteiger partial charge in [-0.25, -0.2) is 0 Å². The van der Waals surface area contributed by atoms with E-state index in [1.165, 1.54) is 31.2 Å². The van der Waals surface area contributed by atoms with E-state index in [-0.39, 0.29) is 0 Å². The molecule has 2 rings (SSSR count). The Hall–Kier alpha value is -1.02. The molecular weight excluding hydrogens is 222 g/mol. The summed E-state index contributed by atoms with van der Waals surface area (Å²) in [5.41, 5.74) is 1.73. The SMILES string of the molecule is COc1cccc(CNC2CCCCC2(C)C)c1. The van der Waals surface area contributed by atoms with Crippen LogP contribution in [0, 0.1) is 5.41 Å². The predicted molar refractivity (Wildman–Crippen MR) is 75.9 cm³/mol. The van der Waals surface area contributed by atoms with Crippen LogP contribution in [-0.4, -0.2) is 13.2 Å². The van der Waals surface area contributed by atoms with E-state index in [1.54, 1.807) is 7.11 Å². The zero-order valence-electron chi connectivity index (χ0n) is 11.8. The molecule has 1 aromatic rings. The summed E-state index contributed by atoms with van der Waals surface area (Å²) in [6.45, 7) is 5.70. The van der Waals surface area contributed by atoms with Crippen LogP contribution in [-0.2, 0) is 6.54 Å². The standard InChI is InChI=1S/C16H25NO/c1-16(2)10-5-4-9-15(16)17-12-13-7-6-8-14(11-13)18-3/h6-8,11,15,17H,4-5,9-10,12H2,1-3H3. The number of rotatable bonds is 4. The van der Waals surface area contributed by atoms with Crippen molar-refractivity contribution < 1.29 is 4.74 Å². The maximum Gasteiger partial charge on any atom is 0.119 e. The number of benzene rings is 1. The monoisotopic (exact) mass is 247 g/mol. The van der Waals surface area contributed by atoms with Crippen molar-refractivity contribution in [2.24, 2.45) is 5.41 Å². The third kappa shape index (κ3) is 3.26. The highest BCUT2D eigenvalue weighted by atomic mass is 16.5. The second kappa shape index (κ2) is 5.75.